The average Bonchev–Trinajstić information content (AvgIpc) is 1.66. The molecule has 27 nitrogen and oxygen atoms in total. The van der Waals surface area contributed by atoms with Crippen molar-refractivity contribution < 1.29 is 108 Å². The van der Waals surface area contributed by atoms with Crippen LogP contribution in [0.25, 0.3) is 11.3 Å². The monoisotopic (exact) mass is 1390 g/mol. The van der Waals surface area contributed by atoms with E-state index in [2.05, 4.69) is 10.6 Å². The molecule has 32 heteroatoms. The fourth-order valence-corrected chi connectivity index (χ4v) is 9.59. The fraction of sp³-hybridized carbons (Fsp3) is 0.615. The minimum absolute atomic E-state index is 0.0220. The van der Waals surface area contributed by atoms with Crippen LogP contribution < -0.4 is 22.1 Å². The summed E-state index contributed by atoms with van der Waals surface area (Å²) < 4.78 is 108. The van der Waals surface area contributed by atoms with Gasteiger partial charge in [-0.15, -0.1) is 0 Å². The number of ether oxygens (including phenoxy) is 8. The molecule has 2 aromatic carbocycles. The molecule has 3 atom stereocenters. The molecule has 4 rings (SSSR count). The van der Waals surface area contributed by atoms with E-state index in [1.54, 1.807) is 24.6 Å². The van der Waals surface area contributed by atoms with Crippen LogP contribution in [0.2, 0.25) is 0 Å². The molecule has 97 heavy (non-hydrogen) atoms. The summed E-state index contributed by atoms with van der Waals surface area (Å²) in [6.07, 6.45) is 0.136. The van der Waals surface area contributed by atoms with Crippen LogP contribution in [-0.4, -0.2) is 245 Å². The molecule has 1 aromatic heterocycles. The number of carbonyl (C=O) groups excluding carboxylic acids is 7. The van der Waals surface area contributed by atoms with Crippen LogP contribution in [0.4, 0.5) is 22.0 Å². The zero-order chi connectivity index (χ0) is 71.8. The van der Waals surface area contributed by atoms with Crippen molar-refractivity contribution in [1.29, 1.82) is 0 Å². The van der Waals surface area contributed by atoms with Gasteiger partial charge in [-0.3, -0.25) is 38.5 Å². The number of carboxylic acid groups (broad SMARTS) is 1. The smallest absolute Gasteiger partial charge is 0.475 e. The molecule has 0 unspecified atom stereocenters. The third-order valence-electron chi connectivity index (χ3n) is 14.4. The van der Waals surface area contributed by atoms with Crippen molar-refractivity contribution in [3.05, 3.63) is 89.9 Å². The first-order valence-corrected chi connectivity index (χ1v) is 32.0. The first-order chi connectivity index (χ1) is 46.2. The Morgan fingerprint density at radius 2 is 1.19 bits per heavy atom. The molecule has 0 fully saturated rings. The Bertz CT molecular complexity index is 2880. The van der Waals surface area contributed by atoms with Crippen LogP contribution in [0.5, 0.6) is 0 Å². The van der Waals surface area contributed by atoms with Gasteiger partial charge in [0.2, 0.25) is 29.5 Å². The van der Waals surface area contributed by atoms with Crippen LogP contribution >= 0.6 is 0 Å². The van der Waals surface area contributed by atoms with Crippen molar-refractivity contribution in [3.63, 3.8) is 0 Å². The van der Waals surface area contributed by atoms with Crippen molar-refractivity contribution in [3.8, 4) is 11.3 Å². The van der Waals surface area contributed by atoms with Crippen LogP contribution in [0, 0.1) is 23.0 Å². The third-order valence-corrected chi connectivity index (χ3v) is 14.4. The van der Waals surface area contributed by atoms with Gasteiger partial charge in [-0.25, -0.2) is 18.6 Å². The van der Waals surface area contributed by atoms with Gasteiger partial charge in [0.15, 0.2) is 0 Å². The van der Waals surface area contributed by atoms with Gasteiger partial charge < -0.3 is 84.6 Å². The molecule has 0 saturated carbocycles. The van der Waals surface area contributed by atoms with Crippen molar-refractivity contribution in [2.75, 3.05) is 145 Å². The lowest BCUT2D eigenvalue weighted by atomic mass is 9.84. The highest BCUT2D eigenvalue weighted by molar-refractivity contribution is 6.13. The van der Waals surface area contributed by atoms with Crippen LogP contribution in [0.15, 0.2) is 66.9 Å². The highest BCUT2D eigenvalue weighted by atomic mass is 19.4. The maximum absolute atomic E-state index is 15.3. The summed E-state index contributed by atoms with van der Waals surface area (Å²) >= 11 is 0. The maximum atomic E-state index is 15.3. The number of aromatic nitrogens is 2. The number of hydrogen-bond donors (Lipinski definition) is 6. The lowest BCUT2D eigenvalue weighted by molar-refractivity contribution is -0.192. The molecule has 0 aliphatic carbocycles. The van der Waals surface area contributed by atoms with Gasteiger partial charge in [0, 0.05) is 69.5 Å². The number of aliphatic hydroxyl groups is 1. The summed E-state index contributed by atoms with van der Waals surface area (Å²) in [7, 11) is 0. The normalized spacial score (nSPS) is 13.3. The number of imide groups is 1. The quantitative estimate of drug-likeness (QED) is 0.0266. The van der Waals surface area contributed by atoms with Crippen LogP contribution in [0.1, 0.15) is 90.6 Å². The summed E-state index contributed by atoms with van der Waals surface area (Å²) in [6, 6.07) is 9.46. The van der Waals surface area contributed by atoms with E-state index in [1.165, 1.54) is 22.0 Å². The van der Waals surface area contributed by atoms with E-state index < -0.39 is 95.3 Å². The summed E-state index contributed by atoms with van der Waals surface area (Å²) in [5.74, 6) is -7.75. The summed E-state index contributed by atoms with van der Waals surface area (Å²) in [5, 5.41) is 23.1. The molecule has 0 radical (unpaired) electrons. The zero-order valence-electron chi connectivity index (χ0n) is 55.9. The molecule has 3 aromatic rings. The molecule has 7 amide bonds. The molecule has 1 aliphatic heterocycles. The number of benzene rings is 2. The second-order valence-corrected chi connectivity index (χ2v) is 23.3. The lowest BCUT2D eigenvalue weighted by Gasteiger charge is -2.40. The van der Waals surface area contributed by atoms with Gasteiger partial charge in [0.25, 0.3) is 11.8 Å². The molecule has 8 N–H and O–H groups in total. The number of rotatable bonds is 49. The number of halogens is 5. The van der Waals surface area contributed by atoms with E-state index in [-0.39, 0.29) is 88.8 Å². The number of nitrogens with one attached hydrogen (secondary N) is 2. The number of nitrogens with zero attached hydrogens (tertiary/aromatic N) is 5. The van der Waals surface area contributed by atoms with E-state index in [0.29, 0.717) is 118 Å². The largest absolute Gasteiger partial charge is 0.490 e. The number of carbonyl (C=O) groups is 8. The Morgan fingerprint density at radius 3 is 1.66 bits per heavy atom. The molecule has 0 bridgehead atoms. The number of primary amides is 1. The van der Waals surface area contributed by atoms with Crippen molar-refractivity contribution in [2.24, 2.45) is 22.8 Å². The number of aliphatic carboxylic acids is 1. The van der Waals surface area contributed by atoms with Gasteiger partial charge in [-0.2, -0.15) is 13.2 Å². The third kappa shape index (κ3) is 32.7. The van der Waals surface area contributed by atoms with E-state index >= 15 is 4.39 Å². The Hall–Kier alpha value is -7.40. The number of unbranched alkanes of at least 4 members (excludes halogenated alkanes) is 1. The highest BCUT2D eigenvalue weighted by Crippen LogP contribution is 2.40. The number of alkyl halides is 3. The maximum Gasteiger partial charge on any atom is 0.490 e. The minimum atomic E-state index is -5.08. The second-order valence-electron chi connectivity index (χ2n) is 23.3. The number of aliphatic hydroxyl groups excluding tert-OH is 1. The Morgan fingerprint density at radius 1 is 0.680 bits per heavy atom. The van der Waals surface area contributed by atoms with E-state index in [1.807, 2.05) is 51.1 Å². The van der Waals surface area contributed by atoms with Crippen LogP contribution in [-0.2, 0) is 82.8 Å². The number of hydrogen-bond acceptors (Lipinski definition) is 19. The van der Waals surface area contributed by atoms with Crippen LogP contribution in [0.3, 0.4) is 0 Å². The van der Waals surface area contributed by atoms with Crippen molar-refractivity contribution >= 4 is 47.3 Å². The van der Waals surface area contributed by atoms with E-state index in [4.69, 9.17) is 64.2 Å². The molecule has 0 spiro atoms. The Kier molecular flexibility index (Phi) is 39.7. The second kappa shape index (κ2) is 46.0. The number of carboxylic acids is 1. The van der Waals surface area contributed by atoms with Gasteiger partial charge in [-0.1, -0.05) is 65.0 Å². The summed E-state index contributed by atoms with van der Waals surface area (Å²) in [4.78, 5) is 108. The lowest BCUT2D eigenvalue weighted by Crippen LogP contribution is -2.57. The van der Waals surface area contributed by atoms with E-state index in [9.17, 15) is 56.2 Å². The highest BCUT2D eigenvalue weighted by Gasteiger charge is 2.40. The first-order valence-electron chi connectivity index (χ1n) is 32.0. The number of imidazole rings is 1. The fourth-order valence-electron chi connectivity index (χ4n) is 9.59. The Labute approximate surface area is 561 Å². The van der Waals surface area contributed by atoms with E-state index in [0.717, 1.165) is 28.7 Å². The molecular formula is C65H96F5N9O18. The predicted octanol–water partition coefficient (Wildman–Crippen LogP) is 3.71. The summed E-state index contributed by atoms with van der Waals surface area (Å²) in [5.41, 5.74) is 12.0. The zero-order valence-corrected chi connectivity index (χ0v) is 55.9. The number of nitrogens with two attached hydrogens (primary N) is 2. The molecule has 2 heterocycles. The standard InChI is InChI=1S/C63H95F2N9O16.C2HF3O2/c1-46(2)58(70-54(77)20-26-83-28-30-85-32-34-87-36-38-89-40-41-90-39-37-88-35-33-86-31-29-84-27-22-68-53(76)19-25-73-55(78)17-18-56(73)79)62(82)72(52(60(67)81)14-9-10-21-66)23-11-24-74(57(80)45-75)59(63(3,4)5)61-69-51(49-42-48(64)15-16-50(49)65)44-71(61)43-47-12-7-6-8-13-47;3-2(4,5)1(6)7/h6-8,12-13,15-18,42,44,46,52,58-59,75H,9-11,14,19-41,43,45,66H2,1-5H3,(H2,67,81)(H,68,76)(H,70,77);(H,6,7)/t52-,58-,59-;/m0./s1. The average molecular weight is 1390 g/mol. The topological polar surface area (TPSA) is 354 Å². The number of amides is 7. The molecule has 0 saturated heterocycles. The molecule has 544 valence electrons. The van der Waals surface area contributed by atoms with Crippen molar-refractivity contribution in [1.82, 2.24) is 34.9 Å². The van der Waals surface area contributed by atoms with Gasteiger partial charge in [-0.05, 0) is 67.3 Å². The van der Waals surface area contributed by atoms with Gasteiger partial charge in [0.1, 0.15) is 36.1 Å². The van der Waals surface area contributed by atoms with Gasteiger partial charge in [0.05, 0.1) is 117 Å². The molecular weight excluding hydrogens is 1290 g/mol. The minimum Gasteiger partial charge on any atom is -0.475 e. The SMILES string of the molecule is CC(C)[C@H](NC(=O)CCOCCOCCOCCOCCOCCOCCOCCOCCNC(=O)CCN1C(=O)C=CC1=O)C(=O)N(CCCN(C(=O)CO)[C@@H](c1nc(-c2cc(F)ccc2F)cn1Cc1ccccc1)C(C)(C)C)[C@@H](CCCCN)C(N)=O.O=C(O)C(F)(F)F. The summed E-state index contributed by atoms with van der Waals surface area (Å²) in [6.45, 7) is 14.3. The molecule has 1 aliphatic rings. The van der Waals surface area contributed by atoms with Crippen molar-refractivity contribution in [2.45, 2.75) is 104 Å². The Balaban J connectivity index is 0.00000330. The van der Waals surface area contributed by atoms with Gasteiger partial charge >= 0.3 is 12.1 Å². The first kappa shape index (κ1) is 83.8. The predicted molar refractivity (Wildman–Crippen MR) is 341 cm³/mol.